The van der Waals surface area contributed by atoms with E-state index in [1.165, 1.54) is 0 Å². The lowest BCUT2D eigenvalue weighted by Gasteiger charge is -2.14. The molecule has 1 heterocycles. The van der Waals surface area contributed by atoms with Crippen LogP contribution in [0.1, 0.15) is 38.2 Å². The van der Waals surface area contributed by atoms with Gasteiger partial charge in [0.15, 0.2) is 0 Å². The molecule has 1 aliphatic rings. The first-order valence-electron chi connectivity index (χ1n) is 8.60. The zero-order valence-corrected chi connectivity index (χ0v) is 16.7. The standard InChI is InChI=1S/C19H23NO4S2/c1-3-24-17(21)7-5-4-6-12-20-18(25)16(26-19(20)22)13-14-8-10-15(23-2)11-9-14/h8-11,13H,3-7,12H2,1-2H3/b16-13+. The van der Waals surface area contributed by atoms with E-state index in [-0.39, 0.29) is 11.2 Å². The summed E-state index contributed by atoms with van der Waals surface area (Å²) in [7, 11) is 1.62. The predicted molar refractivity (Wildman–Crippen MR) is 108 cm³/mol. The number of unbranched alkanes of at least 4 members (excludes halogenated alkanes) is 2. The number of amides is 1. The van der Waals surface area contributed by atoms with E-state index < -0.39 is 0 Å². The van der Waals surface area contributed by atoms with E-state index in [0.717, 1.165) is 47.2 Å². The molecule has 0 N–H and O–H groups in total. The Balaban J connectivity index is 1.84. The van der Waals surface area contributed by atoms with Crippen molar-refractivity contribution >= 4 is 46.3 Å². The molecule has 140 valence electrons. The number of hydrogen-bond donors (Lipinski definition) is 0. The first-order valence-corrected chi connectivity index (χ1v) is 9.82. The van der Waals surface area contributed by atoms with Crippen molar-refractivity contribution < 1.29 is 19.1 Å². The minimum absolute atomic E-state index is 0.0415. The van der Waals surface area contributed by atoms with Crippen LogP contribution < -0.4 is 4.74 Å². The predicted octanol–water partition coefficient (Wildman–Crippen LogP) is 4.66. The van der Waals surface area contributed by atoms with Crippen LogP contribution in [0.3, 0.4) is 0 Å². The van der Waals surface area contributed by atoms with E-state index in [9.17, 15) is 9.59 Å². The highest BCUT2D eigenvalue weighted by Crippen LogP contribution is 2.33. The van der Waals surface area contributed by atoms with Crippen molar-refractivity contribution in [1.82, 2.24) is 4.90 Å². The molecule has 26 heavy (non-hydrogen) atoms. The Morgan fingerprint density at radius 3 is 2.62 bits per heavy atom. The number of benzene rings is 1. The Kier molecular flexibility index (Phi) is 8.12. The van der Waals surface area contributed by atoms with Crippen molar-refractivity contribution in [2.75, 3.05) is 20.3 Å². The number of hydrogen-bond acceptors (Lipinski definition) is 6. The van der Waals surface area contributed by atoms with E-state index in [2.05, 4.69) is 0 Å². The number of carbonyl (C=O) groups is 2. The molecule has 0 aromatic heterocycles. The molecule has 1 aliphatic heterocycles. The quantitative estimate of drug-likeness (QED) is 0.263. The second kappa shape index (κ2) is 10.3. The van der Waals surface area contributed by atoms with Crippen molar-refractivity contribution in [1.29, 1.82) is 0 Å². The van der Waals surface area contributed by atoms with Gasteiger partial charge >= 0.3 is 5.97 Å². The fraction of sp³-hybridized carbons (Fsp3) is 0.421. The van der Waals surface area contributed by atoms with Gasteiger partial charge in [-0.1, -0.05) is 30.8 Å². The van der Waals surface area contributed by atoms with Crippen molar-refractivity contribution in [3.8, 4) is 5.75 Å². The van der Waals surface area contributed by atoms with Crippen LogP contribution in [0.4, 0.5) is 4.79 Å². The molecule has 0 radical (unpaired) electrons. The first-order chi connectivity index (χ1) is 12.5. The van der Waals surface area contributed by atoms with Crippen LogP contribution in [0, 0.1) is 0 Å². The third-order valence-corrected chi connectivity index (χ3v) is 5.35. The maximum absolute atomic E-state index is 12.2. The molecule has 1 aromatic rings. The van der Waals surface area contributed by atoms with Gasteiger partial charge in [0.25, 0.3) is 5.24 Å². The Labute approximate surface area is 163 Å². The van der Waals surface area contributed by atoms with E-state index in [4.69, 9.17) is 21.7 Å². The Bertz CT molecular complexity index is 685. The van der Waals surface area contributed by atoms with Gasteiger partial charge in [0, 0.05) is 13.0 Å². The average Bonchev–Trinajstić information content (AvgIpc) is 2.89. The van der Waals surface area contributed by atoms with Gasteiger partial charge in [-0.05, 0) is 55.3 Å². The number of carbonyl (C=O) groups excluding carboxylic acids is 2. The smallest absolute Gasteiger partial charge is 0.305 e. The summed E-state index contributed by atoms with van der Waals surface area (Å²) in [6.07, 6.45) is 4.76. The second-order valence-corrected chi connectivity index (χ2v) is 7.10. The lowest BCUT2D eigenvalue weighted by atomic mass is 10.2. The Morgan fingerprint density at radius 2 is 1.96 bits per heavy atom. The second-order valence-electron chi connectivity index (χ2n) is 5.72. The van der Waals surface area contributed by atoms with Crippen LogP contribution in [-0.4, -0.2) is 41.4 Å². The monoisotopic (exact) mass is 393 g/mol. The van der Waals surface area contributed by atoms with Crippen molar-refractivity contribution in [2.45, 2.75) is 32.6 Å². The van der Waals surface area contributed by atoms with Crippen LogP contribution in [0.5, 0.6) is 5.75 Å². The summed E-state index contributed by atoms with van der Waals surface area (Å²) >= 11 is 6.62. The molecular weight excluding hydrogens is 370 g/mol. The molecule has 2 rings (SSSR count). The SMILES string of the molecule is CCOC(=O)CCCCCN1C(=O)S/C(=C/c2ccc(OC)cc2)C1=S. The summed E-state index contributed by atoms with van der Waals surface area (Å²) in [5.41, 5.74) is 0.972. The van der Waals surface area contributed by atoms with Gasteiger partial charge in [-0.15, -0.1) is 0 Å². The number of thiocarbonyl (C=S) groups is 1. The number of esters is 1. The number of nitrogens with zero attached hydrogens (tertiary/aromatic N) is 1. The van der Waals surface area contributed by atoms with Crippen LogP contribution in [0.2, 0.25) is 0 Å². The topological polar surface area (TPSA) is 55.8 Å². The highest BCUT2D eigenvalue weighted by atomic mass is 32.2. The van der Waals surface area contributed by atoms with Crippen LogP contribution in [0.15, 0.2) is 29.2 Å². The molecule has 1 fully saturated rings. The molecule has 0 aliphatic carbocycles. The number of methoxy groups -OCH3 is 1. The van der Waals surface area contributed by atoms with Gasteiger partial charge in [0.05, 0.1) is 18.6 Å². The summed E-state index contributed by atoms with van der Waals surface area (Å²) in [5.74, 6) is 0.620. The zero-order chi connectivity index (χ0) is 18.9. The summed E-state index contributed by atoms with van der Waals surface area (Å²) in [6, 6.07) is 7.60. The first kappa shape index (κ1) is 20.5. The molecule has 0 bridgehead atoms. The molecule has 5 nitrogen and oxygen atoms in total. The zero-order valence-electron chi connectivity index (χ0n) is 15.0. The molecule has 0 spiro atoms. The number of thioether (sulfide) groups is 1. The van der Waals surface area contributed by atoms with Crippen LogP contribution in [-0.2, 0) is 9.53 Å². The highest BCUT2D eigenvalue weighted by molar-refractivity contribution is 8.19. The van der Waals surface area contributed by atoms with Gasteiger partial charge in [0.2, 0.25) is 0 Å². The molecule has 0 atom stereocenters. The van der Waals surface area contributed by atoms with Gasteiger partial charge in [-0.25, -0.2) is 0 Å². The molecule has 7 heteroatoms. The van der Waals surface area contributed by atoms with Crippen molar-refractivity contribution in [3.05, 3.63) is 34.7 Å². The minimum atomic E-state index is -0.166. The lowest BCUT2D eigenvalue weighted by molar-refractivity contribution is -0.143. The average molecular weight is 394 g/mol. The van der Waals surface area contributed by atoms with E-state index >= 15 is 0 Å². The van der Waals surface area contributed by atoms with E-state index in [1.54, 1.807) is 18.9 Å². The maximum atomic E-state index is 12.2. The normalized spacial score (nSPS) is 15.6. The van der Waals surface area contributed by atoms with Gasteiger partial charge in [0.1, 0.15) is 10.7 Å². The number of ether oxygens (including phenoxy) is 2. The molecule has 0 unspecified atom stereocenters. The maximum Gasteiger partial charge on any atom is 0.305 e. The van der Waals surface area contributed by atoms with Crippen LogP contribution >= 0.6 is 24.0 Å². The van der Waals surface area contributed by atoms with Gasteiger partial charge in [-0.3, -0.25) is 14.5 Å². The minimum Gasteiger partial charge on any atom is -0.497 e. The summed E-state index contributed by atoms with van der Waals surface area (Å²) in [6.45, 7) is 2.79. The van der Waals surface area contributed by atoms with E-state index in [0.29, 0.717) is 24.6 Å². The Morgan fingerprint density at radius 1 is 1.23 bits per heavy atom. The summed E-state index contributed by atoms with van der Waals surface area (Å²) in [5, 5.41) is -0.0415. The van der Waals surface area contributed by atoms with Crippen molar-refractivity contribution in [3.63, 3.8) is 0 Å². The largest absolute Gasteiger partial charge is 0.497 e. The van der Waals surface area contributed by atoms with Crippen molar-refractivity contribution in [2.24, 2.45) is 0 Å². The molecular formula is C19H23NO4S2. The number of rotatable bonds is 9. The van der Waals surface area contributed by atoms with Gasteiger partial charge < -0.3 is 9.47 Å². The summed E-state index contributed by atoms with van der Waals surface area (Å²) < 4.78 is 10.0. The van der Waals surface area contributed by atoms with Gasteiger partial charge in [-0.2, -0.15) is 0 Å². The molecule has 0 saturated carbocycles. The lowest BCUT2D eigenvalue weighted by Crippen LogP contribution is -2.27. The molecule has 1 aromatic carbocycles. The fourth-order valence-corrected chi connectivity index (χ4v) is 3.78. The fourth-order valence-electron chi connectivity index (χ4n) is 2.49. The summed E-state index contributed by atoms with van der Waals surface area (Å²) in [4.78, 5) is 26.5. The highest BCUT2D eigenvalue weighted by Gasteiger charge is 2.31. The third kappa shape index (κ3) is 5.85. The third-order valence-electron chi connectivity index (χ3n) is 3.86. The Hall–Kier alpha value is -1.86. The van der Waals surface area contributed by atoms with E-state index in [1.807, 2.05) is 30.3 Å². The van der Waals surface area contributed by atoms with Crippen LogP contribution in [0.25, 0.3) is 6.08 Å². The molecule has 1 amide bonds. The molecule has 1 saturated heterocycles.